The average molecular weight is 299 g/mol. The van der Waals surface area contributed by atoms with E-state index in [0.29, 0.717) is 23.6 Å². The zero-order valence-corrected chi connectivity index (χ0v) is 14.1. The molecule has 0 spiro atoms. The minimum absolute atomic E-state index is 0.248. The molecule has 0 fully saturated rings. The van der Waals surface area contributed by atoms with Gasteiger partial charge in [-0.05, 0) is 19.3 Å². The van der Waals surface area contributed by atoms with E-state index in [1.165, 1.54) is 19.3 Å². The fraction of sp³-hybridized carbons (Fsp3) is 0.750. The zero-order valence-electron chi connectivity index (χ0n) is 13.4. The van der Waals surface area contributed by atoms with Crippen molar-refractivity contribution in [2.24, 2.45) is 5.92 Å². The van der Waals surface area contributed by atoms with Gasteiger partial charge in [0.15, 0.2) is 0 Å². The van der Waals surface area contributed by atoms with Gasteiger partial charge in [-0.25, -0.2) is 4.98 Å². The van der Waals surface area contributed by atoms with Crippen molar-refractivity contribution < 1.29 is 4.74 Å². The van der Waals surface area contributed by atoms with E-state index in [1.54, 1.807) is 0 Å². The predicted octanol–water partition coefficient (Wildman–Crippen LogP) is 5.16. The van der Waals surface area contributed by atoms with Crippen molar-refractivity contribution in [1.29, 1.82) is 0 Å². The highest BCUT2D eigenvalue weighted by molar-refractivity contribution is 6.30. The van der Waals surface area contributed by atoms with Crippen LogP contribution >= 0.6 is 11.6 Å². The van der Waals surface area contributed by atoms with Gasteiger partial charge in [0.25, 0.3) is 0 Å². The molecule has 1 atom stereocenters. The molecule has 1 aromatic heterocycles. The maximum Gasteiger partial charge on any atom is 0.221 e. The topological polar surface area (TPSA) is 35.0 Å². The summed E-state index contributed by atoms with van der Waals surface area (Å²) in [6, 6.07) is 0. The summed E-state index contributed by atoms with van der Waals surface area (Å²) in [7, 11) is 0. The molecule has 0 aromatic carbocycles. The molecule has 20 heavy (non-hydrogen) atoms. The number of rotatable bonds is 8. The summed E-state index contributed by atoms with van der Waals surface area (Å²) in [5.74, 6) is 2.23. The van der Waals surface area contributed by atoms with Crippen LogP contribution in [0.2, 0.25) is 5.15 Å². The summed E-state index contributed by atoms with van der Waals surface area (Å²) < 4.78 is 5.92. The van der Waals surface area contributed by atoms with Crippen LogP contribution in [-0.4, -0.2) is 16.6 Å². The standard InChI is InChI=1S/C16H27ClN2O/c1-6-8-9-13(7-2)10-20-16-12(5)14(17)18-15(19-16)11(3)4/h11,13H,6-10H2,1-5H3. The van der Waals surface area contributed by atoms with Gasteiger partial charge >= 0.3 is 0 Å². The van der Waals surface area contributed by atoms with Crippen LogP contribution in [0.5, 0.6) is 5.88 Å². The highest BCUT2D eigenvalue weighted by Crippen LogP contribution is 2.25. The summed E-state index contributed by atoms with van der Waals surface area (Å²) in [5, 5.41) is 0.500. The van der Waals surface area contributed by atoms with Crippen molar-refractivity contribution in [1.82, 2.24) is 9.97 Å². The van der Waals surface area contributed by atoms with Crippen molar-refractivity contribution >= 4 is 11.6 Å². The number of halogens is 1. The Hall–Kier alpha value is -0.830. The van der Waals surface area contributed by atoms with Gasteiger partial charge in [0.1, 0.15) is 11.0 Å². The summed E-state index contributed by atoms with van der Waals surface area (Å²) >= 11 is 6.16. The minimum atomic E-state index is 0.248. The van der Waals surface area contributed by atoms with E-state index in [9.17, 15) is 0 Å². The highest BCUT2D eigenvalue weighted by atomic mass is 35.5. The molecule has 0 aliphatic carbocycles. The molecular weight excluding hydrogens is 272 g/mol. The van der Waals surface area contributed by atoms with E-state index in [4.69, 9.17) is 16.3 Å². The highest BCUT2D eigenvalue weighted by Gasteiger charge is 2.14. The first kappa shape index (κ1) is 17.2. The first-order chi connectivity index (χ1) is 9.49. The third-order valence-electron chi connectivity index (χ3n) is 3.57. The molecule has 0 saturated heterocycles. The Labute approximate surface area is 128 Å². The molecule has 0 aliphatic heterocycles. The molecule has 0 saturated carbocycles. The molecule has 1 rings (SSSR count). The number of nitrogens with zero attached hydrogens (tertiary/aromatic N) is 2. The summed E-state index contributed by atoms with van der Waals surface area (Å²) in [4.78, 5) is 8.81. The Morgan fingerprint density at radius 2 is 1.90 bits per heavy atom. The van der Waals surface area contributed by atoms with Crippen molar-refractivity contribution in [2.75, 3.05) is 6.61 Å². The third-order valence-corrected chi connectivity index (χ3v) is 3.94. The predicted molar refractivity (Wildman–Crippen MR) is 84.7 cm³/mol. The van der Waals surface area contributed by atoms with E-state index < -0.39 is 0 Å². The average Bonchev–Trinajstić information content (AvgIpc) is 2.42. The Morgan fingerprint density at radius 3 is 2.45 bits per heavy atom. The third kappa shape index (κ3) is 4.93. The van der Waals surface area contributed by atoms with Crippen molar-refractivity contribution in [3.05, 3.63) is 16.5 Å². The van der Waals surface area contributed by atoms with Gasteiger partial charge in [-0.15, -0.1) is 0 Å². The summed E-state index contributed by atoms with van der Waals surface area (Å²) in [5.41, 5.74) is 0.835. The molecule has 0 aliphatic rings. The molecule has 1 unspecified atom stereocenters. The van der Waals surface area contributed by atoms with E-state index in [0.717, 1.165) is 17.8 Å². The van der Waals surface area contributed by atoms with E-state index in [-0.39, 0.29) is 5.92 Å². The van der Waals surface area contributed by atoms with Crippen molar-refractivity contribution in [3.63, 3.8) is 0 Å². The van der Waals surface area contributed by atoms with Gasteiger partial charge < -0.3 is 4.74 Å². The molecule has 0 N–H and O–H groups in total. The number of unbranched alkanes of at least 4 members (excludes halogenated alkanes) is 1. The van der Waals surface area contributed by atoms with Crippen LogP contribution in [0.25, 0.3) is 0 Å². The van der Waals surface area contributed by atoms with Crippen LogP contribution in [0.3, 0.4) is 0 Å². The van der Waals surface area contributed by atoms with Gasteiger partial charge in [0.05, 0.1) is 6.61 Å². The Morgan fingerprint density at radius 1 is 1.20 bits per heavy atom. The first-order valence-electron chi connectivity index (χ1n) is 7.66. The second-order valence-corrected chi connectivity index (χ2v) is 6.04. The largest absolute Gasteiger partial charge is 0.477 e. The fourth-order valence-corrected chi connectivity index (χ4v) is 2.15. The molecule has 3 nitrogen and oxygen atoms in total. The van der Waals surface area contributed by atoms with Crippen LogP contribution in [0.4, 0.5) is 0 Å². The molecular formula is C16H27ClN2O. The van der Waals surface area contributed by atoms with Crippen molar-refractivity contribution in [3.8, 4) is 5.88 Å². The van der Waals surface area contributed by atoms with Crippen LogP contribution < -0.4 is 4.74 Å². The molecule has 1 aromatic rings. The second-order valence-electron chi connectivity index (χ2n) is 5.68. The summed E-state index contributed by atoms with van der Waals surface area (Å²) in [6.07, 6.45) is 4.83. The van der Waals surface area contributed by atoms with E-state index >= 15 is 0 Å². The zero-order chi connectivity index (χ0) is 15.1. The van der Waals surface area contributed by atoms with Crippen LogP contribution in [0.15, 0.2) is 0 Å². The quantitative estimate of drug-likeness (QED) is 0.622. The molecule has 0 radical (unpaired) electrons. The molecule has 1 heterocycles. The Bertz CT molecular complexity index is 421. The van der Waals surface area contributed by atoms with Crippen molar-refractivity contribution in [2.45, 2.75) is 66.2 Å². The molecule has 114 valence electrons. The monoisotopic (exact) mass is 298 g/mol. The molecule has 0 amide bonds. The van der Waals surface area contributed by atoms with Crippen LogP contribution in [0.1, 0.15) is 70.7 Å². The number of aromatic nitrogens is 2. The maximum absolute atomic E-state index is 6.16. The Balaban J connectivity index is 2.75. The fourth-order valence-electron chi connectivity index (χ4n) is 1.98. The van der Waals surface area contributed by atoms with Gasteiger partial charge in [-0.1, -0.05) is 58.6 Å². The lowest BCUT2D eigenvalue weighted by atomic mass is 10.0. The van der Waals surface area contributed by atoms with Gasteiger partial charge in [0, 0.05) is 11.5 Å². The lowest BCUT2D eigenvalue weighted by Gasteiger charge is -2.17. The normalized spacial score (nSPS) is 12.8. The maximum atomic E-state index is 6.16. The van der Waals surface area contributed by atoms with Crippen LogP contribution in [0, 0.1) is 12.8 Å². The van der Waals surface area contributed by atoms with Gasteiger partial charge in [-0.3, -0.25) is 0 Å². The lowest BCUT2D eigenvalue weighted by molar-refractivity contribution is 0.223. The lowest BCUT2D eigenvalue weighted by Crippen LogP contribution is -2.14. The van der Waals surface area contributed by atoms with Gasteiger partial charge in [0.2, 0.25) is 5.88 Å². The smallest absolute Gasteiger partial charge is 0.221 e. The first-order valence-corrected chi connectivity index (χ1v) is 8.04. The van der Waals surface area contributed by atoms with Gasteiger partial charge in [-0.2, -0.15) is 4.98 Å². The molecule has 4 heteroatoms. The molecule has 0 bridgehead atoms. The second kappa shape index (κ2) is 8.46. The number of hydrogen-bond acceptors (Lipinski definition) is 3. The SMILES string of the molecule is CCCCC(CC)COc1nc(C(C)C)nc(Cl)c1C. The Kier molecular flexibility index (Phi) is 7.28. The summed E-state index contributed by atoms with van der Waals surface area (Å²) in [6.45, 7) is 11.2. The minimum Gasteiger partial charge on any atom is -0.477 e. The number of ether oxygens (including phenoxy) is 1. The van der Waals surface area contributed by atoms with E-state index in [2.05, 4.69) is 37.7 Å². The van der Waals surface area contributed by atoms with Crippen LogP contribution in [-0.2, 0) is 0 Å². The number of hydrogen-bond donors (Lipinski definition) is 0. The van der Waals surface area contributed by atoms with E-state index in [1.807, 2.05) is 6.92 Å².